The summed E-state index contributed by atoms with van der Waals surface area (Å²) >= 11 is 13.4. The van der Waals surface area contributed by atoms with Gasteiger partial charge < -0.3 is 10.1 Å². The lowest BCUT2D eigenvalue weighted by Gasteiger charge is -2.12. The number of thiophene rings is 1. The molecule has 3 nitrogen and oxygen atoms in total. The van der Waals surface area contributed by atoms with Crippen LogP contribution < -0.4 is 10.1 Å². The standard InChI is InChI=1S/C21H19Cl2NO2S/c1-12-6-13(2)20(14(3)7-12)26-10-15-8-19(27-11-15)21(25)24-18-5-4-16(22)9-17(18)23/h4-9,11H,10H2,1-3H3,(H,24,25). The highest BCUT2D eigenvalue weighted by Crippen LogP contribution is 2.28. The van der Waals surface area contributed by atoms with E-state index in [4.69, 9.17) is 27.9 Å². The minimum Gasteiger partial charge on any atom is -0.488 e. The van der Waals surface area contributed by atoms with E-state index in [1.165, 1.54) is 16.9 Å². The molecule has 0 aliphatic carbocycles. The van der Waals surface area contributed by atoms with Gasteiger partial charge in [-0.05, 0) is 61.5 Å². The third-order valence-corrected chi connectivity index (χ3v) is 5.57. The molecular formula is C21H19Cl2NO2S. The average molecular weight is 420 g/mol. The smallest absolute Gasteiger partial charge is 0.265 e. The minimum atomic E-state index is -0.210. The van der Waals surface area contributed by atoms with Crippen molar-refractivity contribution in [2.24, 2.45) is 0 Å². The number of anilines is 1. The fourth-order valence-corrected chi connectivity index (χ4v) is 4.14. The molecule has 0 bridgehead atoms. The lowest BCUT2D eigenvalue weighted by atomic mass is 10.1. The van der Waals surface area contributed by atoms with Gasteiger partial charge in [0.25, 0.3) is 5.91 Å². The summed E-state index contributed by atoms with van der Waals surface area (Å²) in [6.45, 7) is 6.56. The second kappa shape index (κ2) is 8.34. The largest absolute Gasteiger partial charge is 0.488 e. The monoisotopic (exact) mass is 419 g/mol. The molecule has 1 heterocycles. The Balaban J connectivity index is 1.67. The molecule has 140 valence electrons. The lowest BCUT2D eigenvalue weighted by Crippen LogP contribution is -2.10. The first-order valence-electron chi connectivity index (χ1n) is 8.38. The molecule has 0 aliphatic heterocycles. The first-order valence-corrected chi connectivity index (χ1v) is 10.0. The van der Waals surface area contributed by atoms with Crippen LogP contribution in [-0.2, 0) is 6.61 Å². The van der Waals surface area contributed by atoms with Crippen LogP contribution in [0.4, 0.5) is 5.69 Å². The molecule has 0 saturated carbocycles. The number of rotatable bonds is 5. The predicted octanol–water partition coefficient (Wildman–Crippen LogP) is 6.81. The zero-order valence-corrected chi connectivity index (χ0v) is 17.6. The van der Waals surface area contributed by atoms with Crippen molar-refractivity contribution in [1.82, 2.24) is 0 Å². The molecule has 3 aromatic rings. The van der Waals surface area contributed by atoms with E-state index in [1.807, 2.05) is 25.3 Å². The van der Waals surface area contributed by atoms with Crippen molar-refractivity contribution in [2.45, 2.75) is 27.4 Å². The average Bonchev–Trinajstić information content (AvgIpc) is 3.05. The van der Waals surface area contributed by atoms with Gasteiger partial charge in [-0.3, -0.25) is 4.79 Å². The second-order valence-corrected chi connectivity index (χ2v) is 8.17. The quantitative estimate of drug-likeness (QED) is 0.492. The number of hydrogen-bond acceptors (Lipinski definition) is 3. The van der Waals surface area contributed by atoms with E-state index in [0.717, 1.165) is 22.4 Å². The summed E-state index contributed by atoms with van der Waals surface area (Å²) < 4.78 is 5.99. The molecule has 0 spiro atoms. The third-order valence-electron chi connectivity index (χ3n) is 4.04. The van der Waals surface area contributed by atoms with E-state index in [2.05, 4.69) is 24.4 Å². The SMILES string of the molecule is Cc1cc(C)c(OCc2csc(C(=O)Nc3ccc(Cl)cc3Cl)c2)c(C)c1. The number of carbonyl (C=O) groups excluding carboxylic acids is 1. The number of amides is 1. The van der Waals surface area contributed by atoms with E-state index < -0.39 is 0 Å². The summed E-state index contributed by atoms with van der Waals surface area (Å²) in [4.78, 5) is 13.0. The lowest BCUT2D eigenvalue weighted by molar-refractivity contribution is 0.103. The Morgan fingerprint density at radius 3 is 2.44 bits per heavy atom. The molecular weight excluding hydrogens is 401 g/mol. The molecule has 2 aromatic carbocycles. The Morgan fingerprint density at radius 1 is 1.07 bits per heavy atom. The Labute approximate surface area is 172 Å². The van der Waals surface area contributed by atoms with Crippen molar-refractivity contribution in [2.75, 3.05) is 5.32 Å². The molecule has 0 aliphatic rings. The molecule has 0 unspecified atom stereocenters. The number of aryl methyl sites for hydroxylation is 3. The summed E-state index contributed by atoms with van der Waals surface area (Å²) in [6.07, 6.45) is 0. The summed E-state index contributed by atoms with van der Waals surface area (Å²) in [5.41, 5.74) is 4.92. The summed E-state index contributed by atoms with van der Waals surface area (Å²) in [6, 6.07) is 11.0. The van der Waals surface area contributed by atoms with Crippen molar-refractivity contribution in [1.29, 1.82) is 0 Å². The summed E-state index contributed by atoms with van der Waals surface area (Å²) in [7, 11) is 0. The minimum absolute atomic E-state index is 0.210. The molecule has 0 fully saturated rings. The zero-order chi connectivity index (χ0) is 19.6. The second-order valence-electron chi connectivity index (χ2n) is 6.41. The van der Waals surface area contributed by atoms with Crippen molar-refractivity contribution in [3.63, 3.8) is 0 Å². The van der Waals surface area contributed by atoms with E-state index in [0.29, 0.717) is 27.2 Å². The highest BCUT2D eigenvalue weighted by molar-refractivity contribution is 7.12. The van der Waals surface area contributed by atoms with E-state index in [1.54, 1.807) is 18.2 Å². The van der Waals surface area contributed by atoms with Gasteiger partial charge in [0.05, 0.1) is 15.6 Å². The van der Waals surface area contributed by atoms with Gasteiger partial charge in [-0.15, -0.1) is 11.3 Å². The van der Waals surface area contributed by atoms with Gasteiger partial charge in [-0.1, -0.05) is 40.9 Å². The maximum Gasteiger partial charge on any atom is 0.265 e. The summed E-state index contributed by atoms with van der Waals surface area (Å²) in [5.74, 6) is 0.684. The van der Waals surface area contributed by atoms with Gasteiger partial charge in [0.15, 0.2) is 0 Å². The normalized spacial score (nSPS) is 10.7. The molecule has 0 saturated heterocycles. The molecule has 27 heavy (non-hydrogen) atoms. The fourth-order valence-electron chi connectivity index (χ4n) is 2.90. The maximum atomic E-state index is 12.5. The number of carbonyl (C=O) groups is 1. The van der Waals surface area contributed by atoms with Crippen LogP contribution in [-0.4, -0.2) is 5.91 Å². The predicted molar refractivity (Wildman–Crippen MR) is 114 cm³/mol. The van der Waals surface area contributed by atoms with E-state index in [9.17, 15) is 4.79 Å². The highest BCUT2D eigenvalue weighted by Gasteiger charge is 2.13. The molecule has 0 radical (unpaired) electrons. The molecule has 1 N–H and O–H groups in total. The van der Waals surface area contributed by atoms with Crippen LogP contribution in [0.1, 0.15) is 31.9 Å². The number of hydrogen-bond donors (Lipinski definition) is 1. The van der Waals surface area contributed by atoms with E-state index in [-0.39, 0.29) is 5.91 Å². The van der Waals surface area contributed by atoms with Gasteiger partial charge in [0.2, 0.25) is 0 Å². The van der Waals surface area contributed by atoms with Crippen molar-refractivity contribution >= 4 is 46.1 Å². The van der Waals surface area contributed by atoms with Crippen LogP contribution in [0.5, 0.6) is 5.75 Å². The Kier molecular flexibility index (Phi) is 6.10. The number of nitrogens with one attached hydrogen (secondary N) is 1. The van der Waals surface area contributed by atoms with E-state index >= 15 is 0 Å². The molecule has 1 amide bonds. The third kappa shape index (κ3) is 4.83. The van der Waals surface area contributed by atoms with Crippen molar-refractivity contribution in [3.05, 3.63) is 79.0 Å². The van der Waals surface area contributed by atoms with Crippen LogP contribution in [0.3, 0.4) is 0 Å². The molecule has 3 rings (SSSR count). The van der Waals surface area contributed by atoms with Crippen LogP contribution in [0.25, 0.3) is 0 Å². The maximum absolute atomic E-state index is 12.5. The van der Waals surface area contributed by atoms with Crippen LogP contribution in [0, 0.1) is 20.8 Å². The van der Waals surface area contributed by atoms with Crippen molar-refractivity contribution < 1.29 is 9.53 Å². The van der Waals surface area contributed by atoms with Crippen LogP contribution in [0.15, 0.2) is 41.8 Å². The van der Waals surface area contributed by atoms with Crippen LogP contribution >= 0.6 is 34.5 Å². The zero-order valence-electron chi connectivity index (χ0n) is 15.2. The van der Waals surface area contributed by atoms with Crippen molar-refractivity contribution in [3.8, 4) is 5.75 Å². The van der Waals surface area contributed by atoms with Crippen LogP contribution in [0.2, 0.25) is 10.0 Å². The number of halogens is 2. The Bertz CT molecular complexity index is 975. The molecule has 1 aromatic heterocycles. The Hall–Kier alpha value is -2.01. The number of ether oxygens (including phenoxy) is 1. The van der Waals surface area contributed by atoms with Gasteiger partial charge in [0.1, 0.15) is 12.4 Å². The van der Waals surface area contributed by atoms with Gasteiger partial charge in [0, 0.05) is 10.6 Å². The Morgan fingerprint density at radius 2 is 1.78 bits per heavy atom. The van der Waals surface area contributed by atoms with Gasteiger partial charge in [-0.2, -0.15) is 0 Å². The number of benzene rings is 2. The summed E-state index contributed by atoms with van der Waals surface area (Å²) in [5, 5.41) is 5.66. The fraction of sp³-hybridized carbons (Fsp3) is 0.190. The first kappa shape index (κ1) is 19.7. The molecule has 6 heteroatoms. The van der Waals surface area contributed by atoms with Gasteiger partial charge in [-0.25, -0.2) is 0 Å². The highest BCUT2D eigenvalue weighted by atomic mass is 35.5. The topological polar surface area (TPSA) is 38.3 Å². The molecule has 0 atom stereocenters. The van der Waals surface area contributed by atoms with Gasteiger partial charge >= 0.3 is 0 Å². The first-order chi connectivity index (χ1) is 12.8.